The number of rotatable bonds is 6. The number of hydrogen-bond acceptors (Lipinski definition) is 4. The fourth-order valence-electron chi connectivity index (χ4n) is 2.55. The lowest BCUT2D eigenvalue weighted by atomic mass is 10.1. The Balaban J connectivity index is 1.88. The summed E-state index contributed by atoms with van der Waals surface area (Å²) in [5.74, 6) is 1.29. The van der Waals surface area contributed by atoms with E-state index in [1.54, 1.807) is 42.5 Å². The Morgan fingerprint density at radius 2 is 1.50 bits per heavy atom. The Hall–Kier alpha value is -2.89. The lowest BCUT2D eigenvalue weighted by molar-refractivity contribution is 0.102. The fourth-order valence-corrected chi connectivity index (χ4v) is 3.01. The Morgan fingerprint density at radius 1 is 0.821 bits per heavy atom. The first kappa shape index (κ1) is 19.9. The smallest absolute Gasteiger partial charge is 0.255 e. The van der Waals surface area contributed by atoms with Crippen LogP contribution in [0.4, 0.5) is 5.69 Å². The molecule has 0 atom stereocenters. The van der Waals surface area contributed by atoms with Gasteiger partial charge in [0.25, 0.3) is 5.91 Å². The molecule has 0 spiro atoms. The van der Waals surface area contributed by atoms with E-state index < -0.39 is 0 Å². The zero-order chi connectivity index (χ0) is 20.1. The van der Waals surface area contributed by atoms with Crippen molar-refractivity contribution in [2.24, 2.45) is 0 Å². The summed E-state index contributed by atoms with van der Waals surface area (Å²) < 4.78 is 16.3. The first-order chi connectivity index (χ1) is 13.5. The molecule has 3 aromatic carbocycles. The molecule has 0 fully saturated rings. The molecular formula is C21H17Cl2NO4. The standard InChI is InChI=1S/C21H17Cl2NO4/c1-26-19-12-13(11-15(23)20(19)27-2)21(25)24-16-8-4-6-10-18(16)28-17-9-5-3-7-14(17)22/h3-12H,1-2H3,(H,24,25). The molecular weight excluding hydrogens is 401 g/mol. The van der Waals surface area contributed by atoms with Crippen LogP contribution in [0.2, 0.25) is 10.0 Å². The lowest BCUT2D eigenvalue weighted by Crippen LogP contribution is -2.13. The molecule has 0 bridgehead atoms. The van der Waals surface area contributed by atoms with Gasteiger partial charge in [0, 0.05) is 5.56 Å². The molecule has 0 aromatic heterocycles. The summed E-state index contributed by atoms with van der Waals surface area (Å²) in [4.78, 5) is 12.8. The molecule has 0 heterocycles. The quantitative estimate of drug-likeness (QED) is 0.529. The van der Waals surface area contributed by atoms with Gasteiger partial charge in [-0.1, -0.05) is 47.5 Å². The number of ether oxygens (including phenoxy) is 3. The topological polar surface area (TPSA) is 56.8 Å². The zero-order valence-corrected chi connectivity index (χ0v) is 16.7. The van der Waals surface area contributed by atoms with Gasteiger partial charge in [0.2, 0.25) is 0 Å². The van der Waals surface area contributed by atoms with Crippen molar-refractivity contribution in [3.05, 3.63) is 76.3 Å². The van der Waals surface area contributed by atoms with Gasteiger partial charge in [0.15, 0.2) is 17.2 Å². The maximum Gasteiger partial charge on any atom is 0.255 e. The Morgan fingerprint density at radius 3 is 2.18 bits per heavy atom. The molecule has 0 saturated carbocycles. The number of para-hydroxylation sites is 3. The molecule has 3 rings (SSSR count). The molecule has 1 N–H and O–H groups in total. The van der Waals surface area contributed by atoms with E-state index in [1.807, 2.05) is 12.1 Å². The van der Waals surface area contributed by atoms with Gasteiger partial charge in [-0.05, 0) is 36.4 Å². The third-order valence-corrected chi connectivity index (χ3v) is 4.48. The van der Waals surface area contributed by atoms with Gasteiger partial charge < -0.3 is 19.5 Å². The van der Waals surface area contributed by atoms with Crippen LogP contribution in [-0.4, -0.2) is 20.1 Å². The second-order valence-electron chi connectivity index (χ2n) is 5.68. The van der Waals surface area contributed by atoms with Crippen LogP contribution in [0, 0.1) is 0 Å². The van der Waals surface area contributed by atoms with Gasteiger partial charge in [-0.25, -0.2) is 0 Å². The maximum atomic E-state index is 12.8. The third-order valence-electron chi connectivity index (χ3n) is 3.89. The van der Waals surface area contributed by atoms with E-state index in [1.165, 1.54) is 20.3 Å². The average molecular weight is 418 g/mol. The summed E-state index contributed by atoms with van der Waals surface area (Å²) in [6.45, 7) is 0. The summed E-state index contributed by atoms with van der Waals surface area (Å²) in [6.07, 6.45) is 0. The molecule has 1 amide bonds. The maximum absolute atomic E-state index is 12.8. The van der Waals surface area contributed by atoms with E-state index >= 15 is 0 Å². The SMILES string of the molecule is COc1cc(C(=O)Nc2ccccc2Oc2ccccc2Cl)cc(Cl)c1OC. The molecule has 3 aromatic rings. The molecule has 7 heteroatoms. The highest BCUT2D eigenvalue weighted by molar-refractivity contribution is 6.33. The van der Waals surface area contributed by atoms with E-state index in [4.69, 9.17) is 37.4 Å². The predicted octanol–water partition coefficient (Wildman–Crippen LogP) is 6.06. The molecule has 0 saturated heterocycles. The fraction of sp³-hybridized carbons (Fsp3) is 0.0952. The molecule has 28 heavy (non-hydrogen) atoms. The number of hydrogen-bond donors (Lipinski definition) is 1. The van der Waals surface area contributed by atoms with Crippen molar-refractivity contribution in [3.63, 3.8) is 0 Å². The molecule has 5 nitrogen and oxygen atoms in total. The minimum absolute atomic E-state index is 0.271. The number of nitrogens with one attached hydrogen (secondary N) is 1. The van der Waals surface area contributed by atoms with Gasteiger partial charge in [-0.15, -0.1) is 0 Å². The predicted molar refractivity (Wildman–Crippen MR) is 110 cm³/mol. The first-order valence-electron chi connectivity index (χ1n) is 8.27. The van der Waals surface area contributed by atoms with Crippen molar-refractivity contribution in [2.45, 2.75) is 0 Å². The van der Waals surface area contributed by atoms with Gasteiger partial charge in [0.1, 0.15) is 5.75 Å². The highest BCUT2D eigenvalue weighted by Crippen LogP contribution is 2.37. The van der Waals surface area contributed by atoms with Crippen molar-refractivity contribution in [1.82, 2.24) is 0 Å². The number of halogens is 2. The third kappa shape index (κ3) is 4.32. The van der Waals surface area contributed by atoms with Gasteiger partial charge in [-0.2, -0.15) is 0 Å². The molecule has 0 unspecified atom stereocenters. The van der Waals surface area contributed by atoms with Crippen molar-refractivity contribution in [3.8, 4) is 23.0 Å². The van der Waals surface area contributed by atoms with Crippen LogP contribution in [0.5, 0.6) is 23.0 Å². The van der Waals surface area contributed by atoms with Crippen molar-refractivity contribution >= 4 is 34.8 Å². The largest absolute Gasteiger partial charge is 0.493 e. The second kappa shape index (κ2) is 8.87. The molecule has 0 aliphatic carbocycles. The number of anilines is 1. The number of carbonyl (C=O) groups is 1. The van der Waals surface area contributed by atoms with Crippen molar-refractivity contribution in [1.29, 1.82) is 0 Å². The highest BCUT2D eigenvalue weighted by atomic mass is 35.5. The average Bonchev–Trinajstić information content (AvgIpc) is 2.70. The minimum Gasteiger partial charge on any atom is -0.493 e. The Labute approximate surface area is 172 Å². The van der Waals surface area contributed by atoms with Gasteiger partial charge in [0.05, 0.1) is 30.0 Å². The van der Waals surface area contributed by atoms with Crippen LogP contribution in [0.25, 0.3) is 0 Å². The van der Waals surface area contributed by atoms with E-state index in [0.717, 1.165) is 0 Å². The molecule has 0 radical (unpaired) electrons. The van der Waals surface area contributed by atoms with Gasteiger partial charge >= 0.3 is 0 Å². The summed E-state index contributed by atoms with van der Waals surface area (Å²) in [5.41, 5.74) is 0.800. The molecule has 144 valence electrons. The van der Waals surface area contributed by atoms with Crippen LogP contribution < -0.4 is 19.5 Å². The van der Waals surface area contributed by atoms with Crippen molar-refractivity contribution in [2.75, 3.05) is 19.5 Å². The Kier molecular flexibility index (Phi) is 6.29. The normalized spacial score (nSPS) is 10.3. The first-order valence-corrected chi connectivity index (χ1v) is 9.03. The zero-order valence-electron chi connectivity index (χ0n) is 15.2. The second-order valence-corrected chi connectivity index (χ2v) is 6.49. The monoisotopic (exact) mass is 417 g/mol. The van der Waals surface area contributed by atoms with E-state index in [9.17, 15) is 4.79 Å². The van der Waals surface area contributed by atoms with Crippen LogP contribution in [0.15, 0.2) is 60.7 Å². The van der Waals surface area contributed by atoms with E-state index in [2.05, 4.69) is 5.32 Å². The summed E-state index contributed by atoms with van der Waals surface area (Å²) in [7, 11) is 2.95. The number of benzene rings is 3. The minimum atomic E-state index is -0.377. The van der Waals surface area contributed by atoms with E-state index in [0.29, 0.717) is 39.3 Å². The van der Waals surface area contributed by atoms with E-state index in [-0.39, 0.29) is 10.9 Å². The van der Waals surface area contributed by atoms with Crippen molar-refractivity contribution < 1.29 is 19.0 Å². The van der Waals surface area contributed by atoms with Crippen LogP contribution >= 0.6 is 23.2 Å². The summed E-state index contributed by atoms with van der Waals surface area (Å²) in [6, 6.07) is 17.2. The summed E-state index contributed by atoms with van der Waals surface area (Å²) in [5, 5.41) is 3.56. The van der Waals surface area contributed by atoms with Crippen LogP contribution in [0.3, 0.4) is 0 Å². The highest BCUT2D eigenvalue weighted by Gasteiger charge is 2.17. The molecule has 0 aliphatic heterocycles. The molecule has 0 aliphatic rings. The number of carbonyl (C=O) groups excluding carboxylic acids is 1. The van der Waals surface area contributed by atoms with Crippen LogP contribution in [-0.2, 0) is 0 Å². The van der Waals surface area contributed by atoms with Crippen LogP contribution in [0.1, 0.15) is 10.4 Å². The number of amides is 1. The lowest BCUT2D eigenvalue weighted by Gasteiger charge is -2.14. The Bertz CT molecular complexity index is 1010. The van der Waals surface area contributed by atoms with Gasteiger partial charge in [-0.3, -0.25) is 4.79 Å². The number of methoxy groups -OCH3 is 2. The summed E-state index contributed by atoms with van der Waals surface area (Å²) >= 11 is 12.3.